The fourth-order valence-electron chi connectivity index (χ4n) is 2.95. The zero-order valence-corrected chi connectivity index (χ0v) is 12.4. The summed E-state index contributed by atoms with van der Waals surface area (Å²) in [4.78, 5) is 0. The summed E-state index contributed by atoms with van der Waals surface area (Å²) in [5.41, 5.74) is 1.19. The molecule has 2 rings (SSSR count). The summed E-state index contributed by atoms with van der Waals surface area (Å²) in [5, 5.41) is 9.57. The van der Waals surface area contributed by atoms with Crippen molar-refractivity contribution in [1.29, 1.82) is 0 Å². The van der Waals surface area contributed by atoms with E-state index in [0.29, 0.717) is 12.0 Å². The molecule has 3 heteroatoms. The Bertz CT molecular complexity index is 386. The third-order valence-electron chi connectivity index (χ3n) is 4.12. The fraction of sp³-hybridized carbons (Fsp3) is 0.647. The molecule has 0 spiro atoms. The molecular formula is C17H26O3. The lowest BCUT2D eigenvalue weighted by Crippen LogP contribution is -2.12. The van der Waals surface area contributed by atoms with Gasteiger partial charge in [-0.1, -0.05) is 24.6 Å². The summed E-state index contributed by atoms with van der Waals surface area (Å²) < 4.78 is 11.0. The predicted octanol–water partition coefficient (Wildman–Crippen LogP) is 3.20. The Hall–Kier alpha value is -1.06. The minimum absolute atomic E-state index is 0.240. The maximum absolute atomic E-state index is 9.57. The average Bonchev–Trinajstić information content (AvgIpc) is 3.00. The minimum Gasteiger partial charge on any atom is -0.496 e. The van der Waals surface area contributed by atoms with Crippen LogP contribution in [0.3, 0.4) is 0 Å². The Balaban J connectivity index is 1.79. The predicted molar refractivity (Wildman–Crippen MR) is 80.1 cm³/mol. The van der Waals surface area contributed by atoms with Crippen molar-refractivity contribution in [2.45, 2.75) is 44.6 Å². The number of aliphatic hydroxyl groups is 1. The highest BCUT2D eigenvalue weighted by molar-refractivity contribution is 5.33. The Kier molecular flexibility index (Phi) is 6.34. The molecule has 0 aromatic heterocycles. The van der Waals surface area contributed by atoms with Crippen molar-refractivity contribution < 1.29 is 14.6 Å². The standard InChI is InChI=1S/C17H26O3/c1-19-17-10-3-2-7-15(17)12-14(13-18)6-4-8-16-9-5-11-20-16/h2-3,7,10,14,16,18H,4-6,8-9,11-13H2,1H3. The number of rotatable bonds is 8. The van der Waals surface area contributed by atoms with Crippen LogP contribution in [0.1, 0.15) is 37.7 Å². The van der Waals surface area contributed by atoms with Gasteiger partial charge in [0.15, 0.2) is 0 Å². The van der Waals surface area contributed by atoms with Crippen LogP contribution < -0.4 is 4.74 Å². The van der Waals surface area contributed by atoms with Gasteiger partial charge in [-0.25, -0.2) is 0 Å². The topological polar surface area (TPSA) is 38.7 Å². The molecule has 1 aromatic carbocycles. The van der Waals surface area contributed by atoms with Gasteiger partial charge in [0.25, 0.3) is 0 Å². The highest BCUT2D eigenvalue weighted by Crippen LogP contribution is 2.24. The van der Waals surface area contributed by atoms with Crippen LogP contribution >= 0.6 is 0 Å². The fourth-order valence-corrected chi connectivity index (χ4v) is 2.95. The van der Waals surface area contributed by atoms with E-state index in [9.17, 15) is 5.11 Å². The Morgan fingerprint density at radius 2 is 2.25 bits per heavy atom. The maximum atomic E-state index is 9.57. The smallest absolute Gasteiger partial charge is 0.122 e. The first kappa shape index (κ1) is 15.3. The number of methoxy groups -OCH3 is 1. The van der Waals surface area contributed by atoms with Crippen LogP contribution in [0.5, 0.6) is 5.75 Å². The van der Waals surface area contributed by atoms with Crippen molar-refractivity contribution in [2.24, 2.45) is 5.92 Å². The van der Waals surface area contributed by atoms with Crippen LogP contribution in [-0.4, -0.2) is 31.5 Å². The minimum atomic E-state index is 0.240. The molecule has 1 fully saturated rings. The number of hydrogen-bond acceptors (Lipinski definition) is 3. The van der Waals surface area contributed by atoms with Crippen LogP contribution in [0, 0.1) is 5.92 Å². The molecule has 1 N–H and O–H groups in total. The monoisotopic (exact) mass is 278 g/mol. The zero-order valence-electron chi connectivity index (χ0n) is 12.4. The van der Waals surface area contributed by atoms with Gasteiger partial charge in [0, 0.05) is 13.2 Å². The first-order valence-corrected chi connectivity index (χ1v) is 7.68. The Labute approximate surface area is 121 Å². The lowest BCUT2D eigenvalue weighted by Gasteiger charge is -2.17. The summed E-state index contributed by atoms with van der Waals surface area (Å²) in [6.45, 7) is 1.17. The molecule has 1 aliphatic heterocycles. The summed E-state index contributed by atoms with van der Waals surface area (Å²) in [7, 11) is 1.70. The van der Waals surface area contributed by atoms with Crippen molar-refractivity contribution in [2.75, 3.05) is 20.3 Å². The van der Waals surface area contributed by atoms with Gasteiger partial charge in [-0.3, -0.25) is 0 Å². The van der Waals surface area contributed by atoms with E-state index in [4.69, 9.17) is 9.47 Å². The third kappa shape index (κ3) is 4.50. The third-order valence-corrected chi connectivity index (χ3v) is 4.12. The van der Waals surface area contributed by atoms with Gasteiger partial charge >= 0.3 is 0 Å². The molecule has 112 valence electrons. The molecule has 1 aliphatic rings. The van der Waals surface area contributed by atoms with Crippen molar-refractivity contribution in [3.63, 3.8) is 0 Å². The molecule has 0 radical (unpaired) electrons. The molecular weight excluding hydrogens is 252 g/mol. The molecule has 1 saturated heterocycles. The Morgan fingerprint density at radius 1 is 1.40 bits per heavy atom. The quantitative estimate of drug-likeness (QED) is 0.793. The van der Waals surface area contributed by atoms with E-state index in [2.05, 4.69) is 6.07 Å². The van der Waals surface area contributed by atoms with Crippen molar-refractivity contribution in [3.8, 4) is 5.75 Å². The number of benzene rings is 1. The molecule has 20 heavy (non-hydrogen) atoms. The van der Waals surface area contributed by atoms with Gasteiger partial charge < -0.3 is 14.6 Å². The largest absolute Gasteiger partial charge is 0.496 e. The van der Waals surface area contributed by atoms with Gasteiger partial charge in [-0.2, -0.15) is 0 Å². The summed E-state index contributed by atoms with van der Waals surface area (Å²) in [5.74, 6) is 1.23. The van der Waals surface area contributed by atoms with Crippen molar-refractivity contribution >= 4 is 0 Å². The first-order chi connectivity index (χ1) is 9.83. The van der Waals surface area contributed by atoms with Gasteiger partial charge in [0.05, 0.1) is 13.2 Å². The highest BCUT2D eigenvalue weighted by atomic mass is 16.5. The van der Waals surface area contributed by atoms with Gasteiger partial charge in [0.2, 0.25) is 0 Å². The van der Waals surface area contributed by atoms with E-state index < -0.39 is 0 Å². The summed E-state index contributed by atoms with van der Waals surface area (Å²) in [6, 6.07) is 8.07. The molecule has 0 amide bonds. The second kappa shape index (κ2) is 8.28. The van der Waals surface area contributed by atoms with Crippen LogP contribution in [0.25, 0.3) is 0 Å². The molecule has 3 nitrogen and oxygen atoms in total. The van der Waals surface area contributed by atoms with E-state index in [-0.39, 0.29) is 6.61 Å². The lowest BCUT2D eigenvalue weighted by atomic mass is 9.93. The molecule has 0 aliphatic carbocycles. The van der Waals surface area contributed by atoms with Crippen LogP contribution in [-0.2, 0) is 11.2 Å². The number of hydrogen-bond donors (Lipinski definition) is 1. The second-order valence-electron chi connectivity index (χ2n) is 5.63. The normalized spacial score (nSPS) is 20.0. The molecule has 2 atom stereocenters. The van der Waals surface area contributed by atoms with Crippen molar-refractivity contribution in [3.05, 3.63) is 29.8 Å². The van der Waals surface area contributed by atoms with Gasteiger partial charge in [-0.15, -0.1) is 0 Å². The lowest BCUT2D eigenvalue weighted by molar-refractivity contribution is 0.0990. The molecule has 2 unspecified atom stereocenters. The molecule has 0 saturated carbocycles. The van der Waals surface area contributed by atoms with Gasteiger partial charge in [0.1, 0.15) is 5.75 Å². The van der Waals surface area contributed by atoms with E-state index in [1.54, 1.807) is 7.11 Å². The Morgan fingerprint density at radius 3 is 2.95 bits per heavy atom. The van der Waals surface area contributed by atoms with E-state index in [0.717, 1.165) is 38.0 Å². The van der Waals surface area contributed by atoms with E-state index in [1.807, 2.05) is 18.2 Å². The average molecular weight is 278 g/mol. The summed E-state index contributed by atoms with van der Waals surface area (Å²) in [6.07, 6.45) is 7.06. The van der Waals surface area contributed by atoms with Crippen LogP contribution in [0.15, 0.2) is 24.3 Å². The summed E-state index contributed by atoms with van der Waals surface area (Å²) >= 11 is 0. The highest BCUT2D eigenvalue weighted by Gasteiger charge is 2.17. The molecule has 1 aromatic rings. The van der Waals surface area contributed by atoms with Crippen LogP contribution in [0.4, 0.5) is 0 Å². The van der Waals surface area contributed by atoms with Crippen LogP contribution in [0.2, 0.25) is 0 Å². The number of aliphatic hydroxyl groups excluding tert-OH is 1. The zero-order chi connectivity index (χ0) is 14.2. The van der Waals surface area contributed by atoms with Crippen molar-refractivity contribution in [1.82, 2.24) is 0 Å². The number of ether oxygens (including phenoxy) is 2. The number of para-hydroxylation sites is 1. The molecule has 0 bridgehead atoms. The SMILES string of the molecule is COc1ccccc1CC(CO)CCCC1CCCO1. The molecule has 1 heterocycles. The van der Waals surface area contributed by atoms with E-state index >= 15 is 0 Å². The van der Waals surface area contributed by atoms with Gasteiger partial charge in [-0.05, 0) is 49.7 Å². The first-order valence-electron chi connectivity index (χ1n) is 7.68. The maximum Gasteiger partial charge on any atom is 0.122 e. The van der Waals surface area contributed by atoms with E-state index in [1.165, 1.54) is 18.4 Å². The second-order valence-corrected chi connectivity index (χ2v) is 5.63.